The number of carbonyl (C=O) groups is 2. The molecule has 4 rings (SSSR count). The molecule has 0 saturated heterocycles. The van der Waals surface area contributed by atoms with Crippen LogP contribution in [0.2, 0.25) is 0 Å². The summed E-state index contributed by atoms with van der Waals surface area (Å²) >= 11 is 0. The van der Waals surface area contributed by atoms with Crippen LogP contribution in [0.1, 0.15) is 44.2 Å². The molecule has 150 valence electrons. The van der Waals surface area contributed by atoms with Crippen LogP contribution in [0, 0.1) is 25.2 Å². The maximum atomic E-state index is 13.0. The number of nitriles is 1. The molecular formula is C23H21N5O2. The fourth-order valence-electron chi connectivity index (χ4n) is 3.99. The number of hydrogen-bond donors (Lipinski definition) is 2. The van der Waals surface area contributed by atoms with Gasteiger partial charge in [0.2, 0.25) is 5.91 Å². The minimum Gasteiger partial charge on any atom is -0.339 e. The molecule has 1 aliphatic rings. The summed E-state index contributed by atoms with van der Waals surface area (Å²) < 4.78 is 1.64. The van der Waals surface area contributed by atoms with Gasteiger partial charge in [0.15, 0.2) is 0 Å². The molecule has 2 atom stereocenters. The van der Waals surface area contributed by atoms with E-state index in [0.29, 0.717) is 16.9 Å². The van der Waals surface area contributed by atoms with E-state index in [-0.39, 0.29) is 11.8 Å². The van der Waals surface area contributed by atoms with Crippen LogP contribution < -0.4 is 10.6 Å². The second-order valence-electron chi connectivity index (χ2n) is 7.49. The Balaban J connectivity index is 1.78. The van der Waals surface area contributed by atoms with Gasteiger partial charge in [0.05, 0.1) is 17.3 Å². The topological polar surface area (TPSA) is 99.8 Å². The first-order chi connectivity index (χ1) is 14.4. The first-order valence-electron chi connectivity index (χ1n) is 9.61. The van der Waals surface area contributed by atoms with E-state index < -0.39 is 12.0 Å². The first kappa shape index (κ1) is 19.4. The van der Waals surface area contributed by atoms with Crippen molar-refractivity contribution in [2.45, 2.75) is 25.8 Å². The molecule has 7 nitrogen and oxygen atoms in total. The van der Waals surface area contributed by atoms with E-state index >= 15 is 0 Å². The normalized spacial score (nSPS) is 17.6. The predicted molar refractivity (Wildman–Crippen MR) is 112 cm³/mol. The number of hydrogen-bond acceptors (Lipinski definition) is 4. The Morgan fingerprint density at radius 2 is 1.93 bits per heavy atom. The van der Waals surface area contributed by atoms with Crippen LogP contribution in [0.4, 0.5) is 5.82 Å². The number of rotatable bonds is 3. The number of nitrogens with zero attached hydrogens (tertiary/aromatic N) is 3. The Bertz CT molecular complexity index is 1190. The highest BCUT2D eigenvalue weighted by atomic mass is 16.2. The lowest BCUT2D eigenvalue weighted by Crippen LogP contribution is -2.50. The van der Waals surface area contributed by atoms with E-state index in [0.717, 1.165) is 22.4 Å². The van der Waals surface area contributed by atoms with Gasteiger partial charge in [-0.2, -0.15) is 10.4 Å². The van der Waals surface area contributed by atoms with Crippen LogP contribution in [0.15, 0.2) is 48.5 Å². The van der Waals surface area contributed by atoms with Crippen LogP contribution in [-0.4, -0.2) is 27.6 Å². The number of amides is 2. The predicted octanol–water partition coefficient (Wildman–Crippen LogP) is 2.79. The smallest absolute Gasteiger partial charge is 0.251 e. The number of benzene rings is 2. The molecule has 30 heavy (non-hydrogen) atoms. The summed E-state index contributed by atoms with van der Waals surface area (Å²) in [4.78, 5) is 26.0. The maximum absolute atomic E-state index is 13.0. The molecule has 2 N–H and O–H groups in total. The largest absolute Gasteiger partial charge is 0.339 e. The van der Waals surface area contributed by atoms with Gasteiger partial charge in [-0.1, -0.05) is 29.8 Å². The molecular weight excluding hydrogens is 378 g/mol. The molecule has 0 unspecified atom stereocenters. The molecule has 0 fully saturated rings. The zero-order valence-corrected chi connectivity index (χ0v) is 16.9. The number of aryl methyl sites for hydroxylation is 3. The van der Waals surface area contributed by atoms with E-state index in [4.69, 9.17) is 5.26 Å². The van der Waals surface area contributed by atoms with Gasteiger partial charge in [-0.15, -0.1) is 0 Å². The molecule has 0 saturated carbocycles. The van der Waals surface area contributed by atoms with Crippen molar-refractivity contribution in [1.29, 1.82) is 5.26 Å². The Kier molecular flexibility index (Phi) is 4.84. The first-order valence-corrected chi connectivity index (χ1v) is 9.61. The van der Waals surface area contributed by atoms with E-state index in [9.17, 15) is 9.59 Å². The number of aromatic nitrogens is 2. The molecule has 0 spiro atoms. The van der Waals surface area contributed by atoms with Crippen molar-refractivity contribution < 1.29 is 9.59 Å². The summed E-state index contributed by atoms with van der Waals surface area (Å²) in [7, 11) is 1.77. The highest BCUT2D eigenvalue weighted by Gasteiger charge is 2.41. The summed E-state index contributed by atoms with van der Waals surface area (Å²) in [6.07, 6.45) is 0. The van der Waals surface area contributed by atoms with Gasteiger partial charge in [0.1, 0.15) is 11.9 Å². The third-order valence-electron chi connectivity index (χ3n) is 5.40. The zero-order valence-electron chi connectivity index (χ0n) is 16.9. The molecule has 0 aliphatic carbocycles. The van der Waals surface area contributed by atoms with Gasteiger partial charge < -0.3 is 10.6 Å². The molecule has 1 aromatic heterocycles. The lowest BCUT2D eigenvalue weighted by molar-refractivity contribution is -0.118. The number of anilines is 1. The summed E-state index contributed by atoms with van der Waals surface area (Å²) in [5.41, 5.74) is 4.45. The molecule has 2 heterocycles. The SMILES string of the molecule is Cc1cccc(C(=O)N[C@@H]2C(=O)Nc3c(c(C)nn3C)[C@H]2c2ccc(C#N)cc2)c1. The average molecular weight is 399 g/mol. The minimum absolute atomic E-state index is 0.305. The van der Waals surface area contributed by atoms with Crippen LogP contribution in [0.25, 0.3) is 0 Å². The number of carbonyl (C=O) groups excluding carboxylic acids is 2. The van der Waals surface area contributed by atoms with Crippen LogP contribution in [-0.2, 0) is 11.8 Å². The third kappa shape index (κ3) is 3.33. The molecule has 0 radical (unpaired) electrons. The molecule has 7 heteroatoms. The number of nitrogens with one attached hydrogen (secondary N) is 2. The summed E-state index contributed by atoms with van der Waals surface area (Å²) in [6, 6.07) is 15.6. The molecule has 0 bridgehead atoms. The van der Waals surface area contributed by atoms with Gasteiger partial charge in [-0.3, -0.25) is 14.3 Å². The van der Waals surface area contributed by atoms with Crippen LogP contribution in [0.5, 0.6) is 0 Å². The van der Waals surface area contributed by atoms with Gasteiger partial charge in [0, 0.05) is 24.1 Å². The van der Waals surface area contributed by atoms with Crippen LogP contribution in [0.3, 0.4) is 0 Å². The van der Waals surface area contributed by atoms with Crippen molar-refractivity contribution in [2.75, 3.05) is 5.32 Å². The van der Waals surface area contributed by atoms with E-state index in [1.807, 2.05) is 38.1 Å². The zero-order chi connectivity index (χ0) is 21.4. The van der Waals surface area contributed by atoms with Crippen LogP contribution >= 0.6 is 0 Å². The Hall–Kier alpha value is -3.92. The minimum atomic E-state index is -0.818. The van der Waals surface area contributed by atoms with E-state index in [1.165, 1.54) is 0 Å². The second-order valence-corrected chi connectivity index (χ2v) is 7.49. The summed E-state index contributed by atoms with van der Waals surface area (Å²) in [6.45, 7) is 3.79. The van der Waals surface area contributed by atoms with Gasteiger partial charge >= 0.3 is 0 Å². The molecule has 2 aromatic carbocycles. The van der Waals surface area contributed by atoms with Gasteiger partial charge in [0.25, 0.3) is 5.91 Å². The van der Waals surface area contributed by atoms with Gasteiger partial charge in [-0.25, -0.2) is 0 Å². The Morgan fingerprint density at radius 3 is 2.60 bits per heavy atom. The van der Waals surface area contributed by atoms with Crippen molar-refractivity contribution in [1.82, 2.24) is 15.1 Å². The lowest BCUT2D eigenvalue weighted by Gasteiger charge is -2.32. The average Bonchev–Trinajstić information content (AvgIpc) is 3.01. The molecule has 1 aliphatic heterocycles. The van der Waals surface area contributed by atoms with E-state index in [2.05, 4.69) is 21.8 Å². The van der Waals surface area contributed by atoms with Crippen molar-refractivity contribution >= 4 is 17.6 Å². The summed E-state index contributed by atoms with van der Waals surface area (Å²) in [5.74, 6) is -0.430. The van der Waals surface area contributed by atoms with Gasteiger partial charge in [-0.05, 0) is 43.7 Å². The molecule has 2 amide bonds. The fraction of sp³-hybridized carbons (Fsp3) is 0.217. The standard InChI is InChI=1S/C23H21N5O2/c1-13-5-4-6-17(11-13)22(29)25-20-19(16-9-7-15(12-24)8-10-16)18-14(2)27-28(3)21(18)26-23(20)30/h4-11,19-20H,1-3H3,(H,25,29)(H,26,30)/t19-,20+/m1/s1. The fourth-order valence-corrected chi connectivity index (χ4v) is 3.99. The number of fused-ring (bicyclic) bond motifs is 1. The van der Waals surface area contributed by atoms with Crippen molar-refractivity contribution in [3.05, 3.63) is 82.0 Å². The third-order valence-corrected chi connectivity index (χ3v) is 5.40. The molecule has 3 aromatic rings. The quantitative estimate of drug-likeness (QED) is 0.707. The van der Waals surface area contributed by atoms with Crippen molar-refractivity contribution in [3.63, 3.8) is 0 Å². The Morgan fingerprint density at radius 1 is 1.20 bits per heavy atom. The van der Waals surface area contributed by atoms with E-state index in [1.54, 1.807) is 36.0 Å². The second kappa shape index (κ2) is 7.48. The van der Waals surface area contributed by atoms with Crippen molar-refractivity contribution in [2.24, 2.45) is 7.05 Å². The lowest BCUT2D eigenvalue weighted by atomic mass is 9.81. The maximum Gasteiger partial charge on any atom is 0.251 e. The monoisotopic (exact) mass is 399 g/mol. The Labute approximate surface area is 174 Å². The summed E-state index contributed by atoms with van der Waals surface area (Å²) in [5, 5.41) is 19.4. The highest BCUT2D eigenvalue weighted by Crippen LogP contribution is 2.39. The highest BCUT2D eigenvalue weighted by molar-refractivity contribution is 6.04. The van der Waals surface area contributed by atoms with Crippen molar-refractivity contribution in [3.8, 4) is 6.07 Å².